The Bertz CT molecular complexity index is 526. The van der Waals surface area contributed by atoms with Gasteiger partial charge in [0.15, 0.2) is 5.03 Å². The first-order chi connectivity index (χ1) is 8.89. The van der Waals surface area contributed by atoms with Crippen molar-refractivity contribution in [2.24, 2.45) is 5.14 Å². The Hall–Kier alpha value is -0.880. The van der Waals surface area contributed by atoms with Gasteiger partial charge in [0.25, 0.3) is 10.0 Å². The van der Waals surface area contributed by atoms with Crippen LogP contribution in [0.5, 0.6) is 0 Å². The lowest BCUT2D eigenvalue weighted by Crippen LogP contribution is -2.13. The van der Waals surface area contributed by atoms with Crippen molar-refractivity contribution in [2.45, 2.75) is 69.4 Å². The van der Waals surface area contributed by atoms with E-state index in [1.807, 2.05) is 13.8 Å². The third-order valence-corrected chi connectivity index (χ3v) is 4.54. The van der Waals surface area contributed by atoms with Crippen molar-refractivity contribution in [1.29, 1.82) is 0 Å². The van der Waals surface area contributed by atoms with Crippen LogP contribution in [0.3, 0.4) is 0 Å². The number of hydrogen-bond acceptors (Lipinski definition) is 3. The fourth-order valence-corrected chi connectivity index (χ4v) is 3.26. The van der Waals surface area contributed by atoms with E-state index in [-0.39, 0.29) is 10.9 Å². The van der Waals surface area contributed by atoms with Crippen molar-refractivity contribution in [1.82, 2.24) is 9.55 Å². The van der Waals surface area contributed by atoms with Gasteiger partial charge >= 0.3 is 0 Å². The van der Waals surface area contributed by atoms with E-state index in [4.69, 9.17) is 5.14 Å². The van der Waals surface area contributed by atoms with E-state index < -0.39 is 10.0 Å². The molecule has 0 saturated heterocycles. The van der Waals surface area contributed by atoms with E-state index in [1.165, 1.54) is 25.7 Å². The Balaban J connectivity index is 2.39. The number of sulfonamides is 1. The van der Waals surface area contributed by atoms with Crippen LogP contribution in [0.2, 0.25) is 0 Å². The zero-order chi connectivity index (χ0) is 14.0. The van der Waals surface area contributed by atoms with Crippen molar-refractivity contribution in [3.8, 4) is 0 Å². The lowest BCUT2D eigenvalue weighted by atomic mass is 10.1. The summed E-state index contributed by atoms with van der Waals surface area (Å²) in [5, 5.41) is 5.20. The minimum atomic E-state index is -3.72. The fraction of sp³-hybridized carbons (Fsp3) is 0.769. The van der Waals surface area contributed by atoms with Crippen molar-refractivity contribution in [3.05, 3.63) is 12.0 Å². The second-order valence-corrected chi connectivity index (χ2v) is 7.20. The summed E-state index contributed by atoms with van der Waals surface area (Å²) in [7, 11) is -3.72. The van der Waals surface area contributed by atoms with Gasteiger partial charge in [-0.3, -0.25) is 0 Å². The Labute approximate surface area is 115 Å². The quantitative estimate of drug-likeness (QED) is 0.867. The zero-order valence-corrected chi connectivity index (χ0v) is 12.5. The monoisotopic (exact) mass is 285 g/mol. The van der Waals surface area contributed by atoms with Gasteiger partial charge in [0.05, 0.1) is 0 Å². The molecule has 1 heterocycles. The molecule has 0 radical (unpaired) electrons. The van der Waals surface area contributed by atoms with Crippen molar-refractivity contribution in [3.63, 3.8) is 0 Å². The Kier molecular flexibility index (Phi) is 4.30. The minimum absolute atomic E-state index is 0.000414. The second kappa shape index (κ2) is 5.63. The summed E-state index contributed by atoms with van der Waals surface area (Å²) < 4.78 is 25.0. The molecule has 6 heteroatoms. The van der Waals surface area contributed by atoms with E-state index >= 15 is 0 Å². The first kappa shape index (κ1) is 14.5. The molecule has 0 aromatic carbocycles. The third kappa shape index (κ3) is 3.36. The van der Waals surface area contributed by atoms with Gasteiger partial charge in [-0.2, -0.15) is 0 Å². The summed E-state index contributed by atoms with van der Waals surface area (Å²) >= 11 is 0. The maximum Gasteiger partial charge on any atom is 0.257 e. The first-order valence-corrected chi connectivity index (χ1v) is 8.56. The molecule has 0 atom stereocenters. The van der Waals surface area contributed by atoms with Gasteiger partial charge in [0.1, 0.15) is 5.82 Å². The van der Waals surface area contributed by atoms with Crippen LogP contribution in [-0.4, -0.2) is 18.0 Å². The van der Waals surface area contributed by atoms with E-state index in [0.29, 0.717) is 6.04 Å². The highest BCUT2D eigenvalue weighted by Gasteiger charge is 2.23. The average molecular weight is 285 g/mol. The van der Waals surface area contributed by atoms with Gasteiger partial charge in [-0.15, -0.1) is 0 Å². The fourth-order valence-electron chi connectivity index (χ4n) is 2.78. The van der Waals surface area contributed by atoms with E-state index in [9.17, 15) is 8.42 Å². The molecule has 1 aromatic heterocycles. The first-order valence-electron chi connectivity index (χ1n) is 7.01. The normalized spacial score (nSPS) is 18.7. The summed E-state index contributed by atoms with van der Waals surface area (Å²) in [6, 6.07) is 0.364. The molecule has 2 rings (SSSR count). The summed E-state index contributed by atoms with van der Waals surface area (Å²) in [5.41, 5.74) is 0. The molecule has 2 N–H and O–H groups in total. The average Bonchev–Trinajstić information content (AvgIpc) is 2.60. The molecule has 5 nitrogen and oxygen atoms in total. The molecule has 1 aliphatic carbocycles. The lowest BCUT2D eigenvalue weighted by molar-refractivity contribution is 0.423. The molecular weight excluding hydrogens is 262 g/mol. The topological polar surface area (TPSA) is 78.0 Å². The lowest BCUT2D eigenvalue weighted by Gasteiger charge is -2.20. The number of nitrogens with two attached hydrogens (primary N) is 1. The van der Waals surface area contributed by atoms with Crippen LogP contribution in [0.15, 0.2) is 11.2 Å². The molecule has 0 aliphatic heterocycles. The van der Waals surface area contributed by atoms with Gasteiger partial charge in [-0.05, 0) is 12.8 Å². The number of imidazole rings is 1. The second-order valence-electron chi connectivity index (χ2n) is 5.69. The molecule has 1 aromatic rings. The predicted octanol–water partition coefficient (Wildman–Crippen LogP) is 2.55. The molecule has 108 valence electrons. The number of primary sulfonamides is 1. The molecule has 0 amide bonds. The molecule has 1 aliphatic rings. The third-order valence-electron chi connectivity index (χ3n) is 3.76. The van der Waals surface area contributed by atoms with Gasteiger partial charge in [-0.25, -0.2) is 18.5 Å². The van der Waals surface area contributed by atoms with Crippen molar-refractivity contribution in [2.75, 3.05) is 0 Å². The standard InChI is InChI=1S/C13H23N3O2S/c1-10(2)13-15-12(19(14,17)18)9-16(13)11-7-5-3-4-6-8-11/h9-11H,3-8H2,1-2H3,(H2,14,17,18). The van der Waals surface area contributed by atoms with Crippen LogP contribution in [0.1, 0.15) is 70.2 Å². The smallest absolute Gasteiger partial charge is 0.257 e. The molecule has 0 spiro atoms. The van der Waals surface area contributed by atoms with Gasteiger partial charge in [-0.1, -0.05) is 39.5 Å². The molecular formula is C13H23N3O2S. The van der Waals surface area contributed by atoms with Crippen LogP contribution < -0.4 is 5.14 Å². The predicted molar refractivity (Wildman–Crippen MR) is 74.4 cm³/mol. The summed E-state index contributed by atoms with van der Waals surface area (Å²) in [6.07, 6.45) is 8.76. The van der Waals surface area contributed by atoms with Gasteiger partial charge in [0, 0.05) is 18.2 Å². The molecule has 0 bridgehead atoms. The summed E-state index contributed by atoms with van der Waals surface area (Å²) in [4.78, 5) is 4.24. The Morgan fingerprint density at radius 1 is 1.26 bits per heavy atom. The van der Waals surface area contributed by atoms with Gasteiger partial charge < -0.3 is 4.57 Å². The van der Waals surface area contributed by atoms with Crippen LogP contribution in [0.4, 0.5) is 0 Å². The Morgan fingerprint density at radius 3 is 2.32 bits per heavy atom. The highest BCUT2D eigenvalue weighted by Crippen LogP contribution is 2.30. The molecule has 1 saturated carbocycles. The van der Waals surface area contributed by atoms with Crippen LogP contribution >= 0.6 is 0 Å². The molecule has 1 fully saturated rings. The minimum Gasteiger partial charge on any atom is -0.330 e. The highest BCUT2D eigenvalue weighted by molar-refractivity contribution is 7.89. The summed E-state index contributed by atoms with van der Waals surface area (Å²) in [6.45, 7) is 4.06. The number of aromatic nitrogens is 2. The largest absolute Gasteiger partial charge is 0.330 e. The number of hydrogen-bond donors (Lipinski definition) is 1. The van der Waals surface area contributed by atoms with Crippen LogP contribution in [0, 0.1) is 0 Å². The maximum absolute atomic E-state index is 11.5. The Morgan fingerprint density at radius 2 is 1.84 bits per heavy atom. The van der Waals surface area contributed by atoms with Crippen molar-refractivity contribution >= 4 is 10.0 Å². The maximum atomic E-state index is 11.5. The van der Waals surface area contributed by atoms with E-state index in [2.05, 4.69) is 9.55 Å². The van der Waals surface area contributed by atoms with E-state index in [1.54, 1.807) is 6.20 Å². The SMILES string of the molecule is CC(C)c1nc(S(N)(=O)=O)cn1C1CCCCCC1. The molecule has 19 heavy (non-hydrogen) atoms. The zero-order valence-electron chi connectivity index (χ0n) is 11.7. The number of nitrogens with zero attached hydrogens (tertiary/aromatic N) is 2. The highest BCUT2D eigenvalue weighted by atomic mass is 32.2. The van der Waals surface area contributed by atoms with E-state index in [0.717, 1.165) is 18.7 Å². The van der Waals surface area contributed by atoms with Gasteiger partial charge in [0.2, 0.25) is 0 Å². The molecule has 0 unspecified atom stereocenters. The number of rotatable bonds is 3. The van der Waals surface area contributed by atoms with Crippen molar-refractivity contribution < 1.29 is 8.42 Å². The van der Waals surface area contributed by atoms with Crippen LogP contribution in [0.25, 0.3) is 0 Å². The summed E-state index contributed by atoms with van der Waals surface area (Å²) in [5.74, 6) is 1.02. The van der Waals surface area contributed by atoms with Crippen LogP contribution in [-0.2, 0) is 10.0 Å².